The summed E-state index contributed by atoms with van der Waals surface area (Å²) in [7, 11) is 0. The molecule has 0 aromatic heterocycles. The average Bonchev–Trinajstić information content (AvgIpc) is 3.42. The van der Waals surface area contributed by atoms with Gasteiger partial charge in [-0.1, -0.05) is 24.8 Å². The number of benzene rings is 2. The van der Waals surface area contributed by atoms with Gasteiger partial charge in [0.1, 0.15) is 30.0 Å². The number of nitrogens with zero attached hydrogens (tertiary/aromatic N) is 2. The van der Waals surface area contributed by atoms with E-state index in [4.69, 9.17) is 14.2 Å². The lowest BCUT2D eigenvalue weighted by atomic mass is 9.94. The highest BCUT2D eigenvalue weighted by Gasteiger charge is 2.46. The van der Waals surface area contributed by atoms with E-state index in [-0.39, 0.29) is 17.4 Å². The SMILES string of the molecule is C=CCOc1ccc(C2/C(=C(\O)c3ccc4c(c3)CC(C)O4)C(=O)C(=O)N2CCN2CCOCC2)cc1. The first-order chi connectivity index (χ1) is 18.0. The molecule has 2 aromatic carbocycles. The minimum Gasteiger partial charge on any atom is -0.507 e. The number of hydrogen-bond acceptors (Lipinski definition) is 7. The van der Waals surface area contributed by atoms with Gasteiger partial charge >= 0.3 is 0 Å². The van der Waals surface area contributed by atoms with Crippen LogP contribution in [-0.2, 0) is 20.7 Å². The van der Waals surface area contributed by atoms with Gasteiger partial charge < -0.3 is 24.2 Å². The van der Waals surface area contributed by atoms with E-state index in [1.54, 1.807) is 29.2 Å². The first-order valence-corrected chi connectivity index (χ1v) is 12.7. The Kier molecular flexibility index (Phi) is 7.30. The minimum atomic E-state index is -0.710. The molecule has 1 N–H and O–H groups in total. The molecule has 2 aromatic rings. The first-order valence-electron chi connectivity index (χ1n) is 12.7. The van der Waals surface area contributed by atoms with Gasteiger partial charge in [0.05, 0.1) is 24.8 Å². The Bertz CT molecular complexity index is 1220. The predicted molar refractivity (Wildman–Crippen MR) is 139 cm³/mol. The Hall–Kier alpha value is -3.62. The largest absolute Gasteiger partial charge is 0.507 e. The summed E-state index contributed by atoms with van der Waals surface area (Å²) >= 11 is 0. The quantitative estimate of drug-likeness (QED) is 0.255. The van der Waals surface area contributed by atoms with Crippen molar-refractivity contribution in [2.45, 2.75) is 25.5 Å². The predicted octanol–water partition coefficient (Wildman–Crippen LogP) is 3.33. The maximum Gasteiger partial charge on any atom is 0.295 e. The van der Waals surface area contributed by atoms with Crippen LogP contribution in [0.25, 0.3) is 5.76 Å². The lowest BCUT2D eigenvalue weighted by Crippen LogP contribution is -2.42. The molecule has 0 saturated carbocycles. The Morgan fingerprint density at radius 3 is 2.62 bits per heavy atom. The van der Waals surface area contributed by atoms with Crippen LogP contribution >= 0.6 is 0 Å². The summed E-state index contributed by atoms with van der Waals surface area (Å²) in [6.07, 6.45) is 2.44. The molecule has 194 valence electrons. The normalized spacial score (nSPS) is 23.1. The number of hydrogen-bond donors (Lipinski definition) is 1. The third-order valence-corrected chi connectivity index (χ3v) is 7.03. The van der Waals surface area contributed by atoms with Crippen LogP contribution in [0.15, 0.2) is 60.7 Å². The number of morpholine rings is 1. The molecule has 0 radical (unpaired) electrons. The smallest absolute Gasteiger partial charge is 0.295 e. The molecule has 2 fully saturated rings. The van der Waals surface area contributed by atoms with E-state index in [9.17, 15) is 14.7 Å². The van der Waals surface area contributed by atoms with E-state index in [0.717, 1.165) is 36.4 Å². The molecule has 0 aliphatic carbocycles. The monoisotopic (exact) mass is 504 g/mol. The van der Waals surface area contributed by atoms with Crippen LogP contribution in [0.5, 0.6) is 11.5 Å². The number of amides is 1. The molecule has 3 aliphatic heterocycles. The second-order valence-electron chi connectivity index (χ2n) is 9.57. The van der Waals surface area contributed by atoms with Crippen molar-refractivity contribution in [1.82, 2.24) is 9.80 Å². The summed E-state index contributed by atoms with van der Waals surface area (Å²) < 4.78 is 16.8. The molecule has 1 amide bonds. The topological polar surface area (TPSA) is 88.5 Å². The number of Topliss-reactive ketones (excluding diaryl/α,β-unsaturated/α-hetero) is 1. The van der Waals surface area contributed by atoms with E-state index in [1.165, 1.54) is 0 Å². The number of aliphatic hydroxyl groups excluding tert-OH is 1. The standard InChI is InChI=1S/C29H32N2O6/c1-3-14-36-23-7-4-20(5-8-23)26-25(27(32)21-6-9-24-22(18-21)17-19(2)37-24)28(33)29(34)31(26)11-10-30-12-15-35-16-13-30/h3-9,18-19,26,32H,1,10-17H2,2H3/b27-25+. The number of likely N-dealkylation sites (tertiary alicyclic amines) is 1. The molecule has 0 bridgehead atoms. The number of fused-ring (bicyclic) bond motifs is 1. The molecule has 8 nitrogen and oxygen atoms in total. The summed E-state index contributed by atoms with van der Waals surface area (Å²) in [4.78, 5) is 30.4. The molecule has 2 atom stereocenters. The summed E-state index contributed by atoms with van der Waals surface area (Å²) in [6, 6.07) is 11.9. The van der Waals surface area contributed by atoms with Crippen molar-refractivity contribution in [1.29, 1.82) is 0 Å². The van der Waals surface area contributed by atoms with Crippen LogP contribution in [-0.4, -0.2) is 78.7 Å². The number of aliphatic hydroxyl groups is 1. The van der Waals surface area contributed by atoms with Crippen molar-refractivity contribution in [2.75, 3.05) is 46.0 Å². The fourth-order valence-electron chi connectivity index (χ4n) is 5.16. The van der Waals surface area contributed by atoms with Crippen LogP contribution in [0.2, 0.25) is 0 Å². The zero-order valence-corrected chi connectivity index (χ0v) is 21.0. The van der Waals surface area contributed by atoms with Crippen molar-refractivity contribution < 1.29 is 28.9 Å². The molecule has 2 unspecified atom stereocenters. The zero-order chi connectivity index (χ0) is 25.9. The van der Waals surface area contributed by atoms with E-state index in [0.29, 0.717) is 44.2 Å². The van der Waals surface area contributed by atoms with Crippen LogP contribution in [0.4, 0.5) is 0 Å². The maximum absolute atomic E-state index is 13.4. The van der Waals surface area contributed by atoms with Crippen molar-refractivity contribution >= 4 is 17.4 Å². The van der Waals surface area contributed by atoms with Crippen molar-refractivity contribution in [3.63, 3.8) is 0 Å². The van der Waals surface area contributed by atoms with E-state index in [2.05, 4.69) is 11.5 Å². The molecular weight excluding hydrogens is 472 g/mol. The molecule has 3 heterocycles. The Labute approximate surface area is 216 Å². The van der Waals surface area contributed by atoms with Gasteiger partial charge in [-0.2, -0.15) is 0 Å². The van der Waals surface area contributed by atoms with Crippen molar-refractivity contribution in [3.05, 3.63) is 77.4 Å². The van der Waals surface area contributed by atoms with Crippen LogP contribution < -0.4 is 9.47 Å². The van der Waals surface area contributed by atoms with Crippen LogP contribution in [0.3, 0.4) is 0 Å². The average molecular weight is 505 g/mol. The van der Waals surface area contributed by atoms with Crippen molar-refractivity contribution in [2.24, 2.45) is 0 Å². The van der Waals surface area contributed by atoms with Gasteiger partial charge in [-0.15, -0.1) is 0 Å². The van der Waals surface area contributed by atoms with Gasteiger partial charge in [-0.3, -0.25) is 14.5 Å². The first kappa shape index (κ1) is 25.0. The summed E-state index contributed by atoms with van der Waals surface area (Å²) in [5, 5.41) is 11.4. The molecule has 5 rings (SSSR count). The molecule has 8 heteroatoms. The third-order valence-electron chi connectivity index (χ3n) is 7.03. The van der Waals surface area contributed by atoms with Gasteiger partial charge in [0.25, 0.3) is 11.7 Å². The highest BCUT2D eigenvalue weighted by atomic mass is 16.5. The fourth-order valence-corrected chi connectivity index (χ4v) is 5.16. The Morgan fingerprint density at radius 1 is 1.14 bits per heavy atom. The fraction of sp³-hybridized carbons (Fsp3) is 0.379. The highest BCUT2D eigenvalue weighted by molar-refractivity contribution is 6.46. The van der Waals surface area contributed by atoms with Gasteiger partial charge in [-0.05, 0) is 48.4 Å². The Morgan fingerprint density at radius 2 is 1.89 bits per heavy atom. The highest BCUT2D eigenvalue weighted by Crippen LogP contribution is 2.41. The summed E-state index contributed by atoms with van der Waals surface area (Å²) in [6.45, 7) is 9.85. The Balaban J connectivity index is 1.51. The van der Waals surface area contributed by atoms with E-state index >= 15 is 0 Å². The van der Waals surface area contributed by atoms with Crippen LogP contribution in [0, 0.1) is 0 Å². The lowest BCUT2D eigenvalue weighted by molar-refractivity contribution is -0.140. The van der Waals surface area contributed by atoms with E-state index in [1.807, 2.05) is 31.2 Å². The van der Waals surface area contributed by atoms with Gasteiger partial charge in [0.2, 0.25) is 0 Å². The van der Waals surface area contributed by atoms with Gasteiger partial charge in [-0.25, -0.2) is 0 Å². The number of rotatable bonds is 8. The van der Waals surface area contributed by atoms with Crippen molar-refractivity contribution in [3.8, 4) is 11.5 Å². The van der Waals surface area contributed by atoms with E-state index < -0.39 is 17.7 Å². The lowest BCUT2D eigenvalue weighted by Gasteiger charge is -2.31. The zero-order valence-electron chi connectivity index (χ0n) is 21.0. The molecule has 2 saturated heterocycles. The second-order valence-corrected chi connectivity index (χ2v) is 9.57. The summed E-state index contributed by atoms with van der Waals surface area (Å²) in [5.41, 5.74) is 2.29. The number of ketones is 1. The minimum absolute atomic E-state index is 0.0555. The number of ether oxygens (including phenoxy) is 3. The van der Waals surface area contributed by atoms with Gasteiger partial charge in [0.15, 0.2) is 0 Å². The number of carbonyl (C=O) groups is 2. The van der Waals surface area contributed by atoms with Crippen LogP contribution in [0.1, 0.15) is 29.7 Å². The molecule has 0 spiro atoms. The summed E-state index contributed by atoms with van der Waals surface area (Å²) in [5.74, 6) is -0.0265. The third kappa shape index (κ3) is 5.12. The molecule has 3 aliphatic rings. The molecular formula is C29H32N2O6. The molecule has 37 heavy (non-hydrogen) atoms. The maximum atomic E-state index is 13.4. The second kappa shape index (κ2) is 10.8. The van der Waals surface area contributed by atoms with Gasteiger partial charge in [0, 0.05) is 38.2 Å². The number of carbonyl (C=O) groups excluding carboxylic acids is 2.